The number of benzene rings is 2. The quantitative estimate of drug-likeness (QED) is 0.0904. The second-order valence-electron chi connectivity index (χ2n) is 8.66. The lowest BCUT2D eigenvalue weighted by atomic mass is 9.98. The van der Waals surface area contributed by atoms with E-state index >= 15 is 0 Å². The van der Waals surface area contributed by atoms with E-state index in [-0.39, 0.29) is 31.3 Å². The van der Waals surface area contributed by atoms with Gasteiger partial charge in [0.05, 0.1) is 13.7 Å². The molecular weight excluding hydrogens is 474 g/mol. The molecule has 10 nitrogen and oxygen atoms in total. The first kappa shape index (κ1) is 27.3. The lowest BCUT2D eigenvalue weighted by molar-refractivity contribution is -0.459. The number of carbonyl (C=O) groups excluding carboxylic acids is 3. The molecule has 1 aliphatic rings. The maximum absolute atomic E-state index is 13.0. The van der Waals surface area contributed by atoms with Gasteiger partial charge in [0.2, 0.25) is 5.91 Å². The zero-order chi connectivity index (χ0) is 26.8. The van der Waals surface area contributed by atoms with Gasteiger partial charge in [-0.25, -0.2) is 9.59 Å². The number of guanidine groups is 1. The number of carbonyl (C=O) groups is 3. The van der Waals surface area contributed by atoms with Crippen LogP contribution in [0.15, 0.2) is 61.2 Å². The maximum atomic E-state index is 13.0. The summed E-state index contributed by atoms with van der Waals surface area (Å²) < 4.78 is 10.3. The van der Waals surface area contributed by atoms with E-state index < -0.39 is 30.1 Å². The van der Waals surface area contributed by atoms with Crippen LogP contribution in [0.2, 0.25) is 0 Å². The van der Waals surface area contributed by atoms with Gasteiger partial charge in [-0.1, -0.05) is 54.6 Å². The summed E-state index contributed by atoms with van der Waals surface area (Å²) in [5.74, 6) is -1.22. The van der Waals surface area contributed by atoms with Crippen molar-refractivity contribution < 1.29 is 28.8 Å². The van der Waals surface area contributed by atoms with Crippen LogP contribution in [0.25, 0.3) is 11.1 Å². The fraction of sp³-hybridized carbons (Fsp3) is 0.333. The van der Waals surface area contributed by atoms with Gasteiger partial charge >= 0.3 is 18.0 Å². The molecule has 2 amide bonds. The first-order chi connectivity index (χ1) is 17.8. The van der Waals surface area contributed by atoms with Crippen molar-refractivity contribution in [3.8, 4) is 11.1 Å². The van der Waals surface area contributed by atoms with E-state index in [1.807, 2.05) is 36.4 Å². The molecule has 0 radical (unpaired) electrons. The highest BCUT2D eigenvalue weighted by molar-refractivity contribution is 5.89. The summed E-state index contributed by atoms with van der Waals surface area (Å²) in [5.41, 5.74) is 15.2. The van der Waals surface area contributed by atoms with Crippen molar-refractivity contribution in [2.45, 2.75) is 37.3 Å². The highest BCUT2D eigenvalue weighted by atomic mass is 16.5. The van der Waals surface area contributed by atoms with Gasteiger partial charge < -0.3 is 20.1 Å². The fourth-order valence-electron chi connectivity index (χ4n) is 4.39. The van der Waals surface area contributed by atoms with Crippen molar-refractivity contribution >= 4 is 23.9 Å². The largest absolute Gasteiger partial charge is 0.467 e. The van der Waals surface area contributed by atoms with Crippen LogP contribution in [-0.2, 0) is 19.1 Å². The van der Waals surface area contributed by atoms with E-state index in [1.165, 1.54) is 13.2 Å². The third-order valence-corrected chi connectivity index (χ3v) is 6.16. The molecule has 3 rings (SSSR count). The van der Waals surface area contributed by atoms with Crippen molar-refractivity contribution in [3.63, 3.8) is 0 Å². The summed E-state index contributed by atoms with van der Waals surface area (Å²) >= 11 is 0. The summed E-state index contributed by atoms with van der Waals surface area (Å²) in [6.07, 6.45) is 1.65. The van der Waals surface area contributed by atoms with E-state index in [2.05, 4.69) is 34.3 Å². The van der Waals surface area contributed by atoms with Gasteiger partial charge in [0.25, 0.3) is 0 Å². The van der Waals surface area contributed by atoms with Gasteiger partial charge in [0.15, 0.2) is 0 Å². The molecule has 0 fully saturated rings. The van der Waals surface area contributed by atoms with Gasteiger partial charge in [-0.05, 0) is 41.5 Å². The molecule has 2 aromatic rings. The number of amides is 2. The number of hydrogen-bond acceptors (Lipinski definition) is 5. The Morgan fingerprint density at radius 1 is 1.03 bits per heavy atom. The molecule has 0 bridgehead atoms. The Labute approximate surface area is 216 Å². The number of rotatable bonds is 12. The number of fused-ring (bicyclic) bond motifs is 3. The van der Waals surface area contributed by atoms with Gasteiger partial charge in [0, 0.05) is 5.92 Å². The Morgan fingerprint density at radius 3 is 2.22 bits per heavy atom. The molecule has 196 valence electrons. The van der Waals surface area contributed by atoms with Crippen LogP contribution in [-0.4, -0.2) is 56.3 Å². The first-order valence-corrected chi connectivity index (χ1v) is 12.1. The Hall–Kier alpha value is -4.34. The molecule has 2 aromatic carbocycles. The fourth-order valence-corrected chi connectivity index (χ4v) is 4.39. The molecule has 0 spiro atoms. The first-order valence-electron chi connectivity index (χ1n) is 12.1. The molecule has 1 aliphatic carbocycles. The Morgan fingerprint density at radius 2 is 1.65 bits per heavy atom. The maximum Gasteiger partial charge on any atom is 0.407 e. The number of methoxy groups -OCH3 is 1. The lowest BCUT2D eigenvalue weighted by Crippen LogP contribution is -2.78. The van der Waals surface area contributed by atoms with Crippen LogP contribution in [0, 0.1) is 0 Å². The predicted octanol–water partition coefficient (Wildman–Crippen LogP) is 0.262. The third kappa shape index (κ3) is 7.09. The van der Waals surface area contributed by atoms with Crippen LogP contribution in [0.3, 0.4) is 0 Å². The van der Waals surface area contributed by atoms with Crippen molar-refractivity contribution in [2.75, 3.05) is 20.3 Å². The molecule has 7 N–H and O–H groups in total. The minimum absolute atomic E-state index is 0.0576. The van der Waals surface area contributed by atoms with Crippen LogP contribution in [0.1, 0.15) is 36.3 Å². The summed E-state index contributed by atoms with van der Waals surface area (Å²) in [6.45, 7) is 4.11. The van der Waals surface area contributed by atoms with Gasteiger partial charge in [0.1, 0.15) is 18.7 Å². The summed E-state index contributed by atoms with van der Waals surface area (Å²) in [5, 5.41) is 5.25. The van der Waals surface area contributed by atoms with Crippen molar-refractivity contribution in [2.24, 2.45) is 11.5 Å². The lowest BCUT2D eigenvalue weighted by Gasteiger charge is -2.22. The second kappa shape index (κ2) is 13.1. The number of hydrogen-bond donors (Lipinski definition) is 5. The standard InChI is InChI=1S/C27H33N5O5/c1-3-9-23(25(34)36-2)31-24(33)22(14-8-15-30-26(28)29)32-27(35)37-16-21-19-12-6-4-10-17(19)18-11-5-7-13-20(18)21/h3-7,10-13,21-23H,1,8-9,14-16H2,2H3,(H,31,33)(H,32,35)(H4,28,29,30)/p+1/t22-,23-/m1/s1. The normalized spacial score (nSPS) is 13.3. The predicted molar refractivity (Wildman–Crippen MR) is 139 cm³/mol. The average Bonchev–Trinajstić information content (AvgIpc) is 3.22. The minimum atomic E-state index is -0.964. The third-order valence-electron chi connectivity index (χ3n) is 6.16. The van der Waals surface area contributed by atoms with E-state index in [0.717, 1.165) is 22.3 Å². The molecule has 0 heterocycles. The number of ether oxygens (including phenoxy) is 2. The molecule has 10 heteroatoms. The monoisotopic (exact) mass is 508 g/mol. The number of nitrogens with two attached hydrogens (primary N) is 2. The van der Waals surface area contributed by atoms with Gasteiger partial charge in [-0.3, -0.25) is 21.3 Å². The SMILES string of the molecule is C=CC[C@@H](NC(=O)[C@@H](CCC[NH+]=C(N)N)NC(=O)OCC1c2ccccc2-c2ccccc21)C(=O)OC. The van der Waals surface area contributed by atoms with Crippen LogP contribution in [0.5, 0.6) is 0 Å². The second-order valence-corrected chi connectivity index (χ2v) is 8.66. The van der Waals surface area contributed by atoms with E-state index in [9.17, 15) is 14.4 Å². The number of esters is 1. The minimum Gasteiger partial charge on any atom is -0.467 e. The zero-order valence-corrected chi connectivity index (χ0v) is 20.9. The molecule has 0 saturated heterocycles. The van der Waals surface area contributed by atoms with Crippen molar-refractivity contribution in [1.29, 1.82) is 0 Å². The topological polar surface area (TPSA) is 160 Å². The smallest absolute Gasteiger partial charge is 0.407 e. The molecular formula is C27H34N5O5+. The van der Waals surface area contributed by atoms with Crippen LogP contribution >= 0.6 is 0 Å². The van der Waals surface area contributed by atoms with E-state index in [4.69, 9.17) is 20.9 Å². The highest BCUT2D eigenvalue weighted by Crippen LogP contribution is 2.44. The average molecular weight is 509 g/mol. The van der Waals surface area contributed by atoms with Crippen LogP contribution < -0.4 is 27.1 Å². The molecule has 37 heavy (non-hydrogen) atoms. The Bertz CT molecular complexity index is 1120. The van der Waals surface area contributed by atoms with E-state index in [1.54, 1.807) is 0 Å². The summed E-state index contributed by atoms with van der Waals surface area (Å²) in [6, 6.07) is 14.1. The summed E-state index contributed by atoms with van der Waals surface area (Å²) in [7, 11) is 1.23. The molecule has 0 unspecified atom stereocenters. The van der Waals surface area contributed by atoms with Crippen molar-refractivity contribution in [1.82, 2.24) is 10.6 Å². The summed E-state index contributed by atoms with van der Waals surface area (Å²) in [4.78, 5) is 40.6. The molecule has 0 saturated carbocycles. The molecule has 0 aromatic heterocycles. The number of nitrogens with one attached hydrogen (secondary N) is 3. The van der Waals surface area contributed by atoms with E-state index in [0.29, 0.717) is 13.0 Å². The highest BCUT2D eigenvalue weighted by Gasteiger charge is 2.30. The Balaban J connectivity index is 1.67. The zero-order valence-electron chi connectivity index (χ0n) is 20.9. The van der Waals surface area contributed by atoms with Crippen molar-refractivity contribution in [3.05, 3.63) is 72.3 Å². The Kier molecular flexibility index (Phi) is 9.65. The molecule has 2 atom stereocenters. The number of alkyl carbamates (subject to hydrolysis) is 1. The van der Waals surface area contributed by atoms with Gasteiger partial charge in [-0.15, -0.1) is 6.58 Å². The van der Waals surface area contributed by atoms with Crippen LogP contribution in [0.4, 0.5) is 4.79 Å². The molecule has 0 aliphatic heterocycles. The van der Waals surface area contributed by atoms with Gasteiger partial charge in [-0.2, -0.15) is 0 Å².